The van der Waals surface area contributed by atoms with E-state index in [1.165, 1.54) is 11.3 Å². The molecule has 0 bridgehead atoms. The number of hydrogen-bond acceptors (Lipinski definition) is 6. The number of nitrogens with zero attached hydrogens (tertiary/aromatic N) is 3. The molecule has 0 atom stereocenters. The lowest BCUT2D eigenvalue weighted by molar-refractivity contribution is -0.0443. The summed E-state index contributed by atoms with van der Waals surface area (Å²) in [5.74, 6) is 0.926. The van der Waals surface area contributed by atoms with Gasteiger partial charge in [0.1, 0.15) is 5.01 Å². The van der Waals surface area contributed by atoms with Crippen LogP contribution < -0.4 is 0 Å². The van der Waals surface area contributed by atoms with Gasteiger partial charge in [-0.15, -0.1) is 11.3 Å². The molecular formula is C21H27N3O2S. The Hall–Kier alpha value is -1.63. The van der Waals surface area contributed by atoms with Gasteiger partial charge in [0.15, 0.2) is 5.82 Å². The van der Waals surface area contributed by atoms with E-state index in [0.717, 1.165) is 54.3 Å². The molecule has 2 aliphatic rings. The van der Waals surface area contributed by atoms with E-state index in [1.54, 1.807) is 11.3 Å². The number of aryl methyl sites for hydroxylation is 3. The first-order valence-electron chi connectivity index (χ1n) is 9.73. The minimum Gasteiger partial charge on any atom is -0.344 e. The quantitative estimate of drug-likeness (QED) is 0.740. The summed E-state index contributed by atoms with van der Waals surface area (Å²) in [5, 5.41) is 3.04. The van der Waals surface area contributed by atoms with E-state index in [2.05, 4.69) is 43.3 Å². The van der Waals surface area contributed by atoms with Crippen LogP contribution in [0.5, 0.6) is 0 Å². The van der Waals surface area contributed by atoms with Crippen molar-refractivity contribution in [2.24, 2.45) is 10.4 Å². The molecule has 0 amide bonds. The average Bonchev–Trinajstić information content (AvgIpc) is 3.32. The molecule has 2 aromatic heterocycles. The molecule has 5 nitrogen and oxygen atoms in total. The number of ether oxygens (including phenoxy) is 2. The first-order valence-corrected chi connectivity index (χ1v) is 10.6. The number of pyridine rings is 1. The maximum Gasteiger partial charge on any atom is 0.211 e. The molecule has 2 aromatic rings. The van der Waals surface area contributed by atoms with Gasteiger partial charge in [0.25, 0.3) is 0 Å². The third-order valence-corrected chi connectivity index (χ3v) is 5.93. The fourth-order valence-electron chi connectivity index (χ4n) is 3.42. The van der Waals surface area contributed by atoms with Crippen LogP contribution in [0, 0.1) is 5.41 Å². The largest absolute Gasteiger partial charge is 0.344 e. The van der Waals surface area contributed by atoms with Crippen molar-refractivity contribution in [2.45, 2.75) is 59.2 Å². The third-order valence-electron chi connectivity index (χ3n) is 5.01. The predicted octanol–water partition coefficient (Wildman–Crippen LogP) is 4.82. The number of aromatic nitrogens is 2. The molecule has 0 aromatic carbocycles. The molecular weight excluding hydrogens is 358 g/mol. The van der Waals surface area contributed by atoms with Crippen molar-refractivity contribution in [1.82, 2.24) is 9.97 Å². The van der Waals surface area contributed by atoms with E-state index in [9.17, 15) is 0 Å². The molecule has 4 rings (SSSR count). The number of fused-ring (bicyclic) bond motifs is 1. The summed E-state index contributed by atoms with van der Waals surface area (Å²) in [7, 11) is 0. The molecule has 2 aliphatic heterocycles. The van der Waals surface area contributed by atoms with E-state index < -0.39 is 0 Å². The maximum absolute atomic E-state index is 5.51. The van der Waals surface area contributed by atoms with Crippen LogP contribution in [0.1, 0.15) is 61.9 Å². The van der Waals surface area contributed by atoms with Gasteiger partial charge >= 0.3 is 0 Å². The summed E-state index contributed by atoms with van der Waals surface area (Å²) in [6, 6.07) is 4.36. The second kappa shape index (κ2) is 7.78. The van der Waals surface area contributed by atoms with Crippen LogP contribution in [0.2, 0.25) is 0 Å². The number of rotatable bonds is 5. The zero-order valence-corrected chi connectivity index (χ0v) is 17.1. The van der Waals surface area contributed by atoms with Crippen molar-refractivity contribution in [3.8, 4) is 0 Å². The van der Waals surface area contributed by atoms with Gasteiger partial charge in [0.05, 0.1) is 18.9 Å². The molecule has 0 radical (unpaired) electrons. The van der Waals surface area contributed by atoms with Crippen LogP contribution in [0.3, 0.4) is 0 Å². The van der Waals surface area contributed by atoms with Crippen molar-refractivity contribution in [3.63, 3.8) is 0 Å². The van der Waals surface area contributed by atoms with Gasteiger partial charge in [-0.05, 0) is 43.7 Å². The Morgan fingerprint density at radius 2 is 1.81 bits per heavy atom. The zero-order valence-electron chi connectivity index (χ0n) is 16.3. The Bertz CT molecular complexity index is 832. The SMILES string of the molecule is CC(C)(C)C1=Nc2nc(CCCc3csc(C4OCCO4)n3)ccc2CC1. The van der Waals surface area contributed by atoms with Crippen LogP contribution in [0.15, 0.2) is 22.5 Å². The molecule has 0 unspecified atom stereocenters. The van der Waals surface area contributed by atoms with Crippen LogP contribution in [-0.4, -0.2) is 28.9 Å². The highest BCUT2D eigenvalue weighted by atomic mass is 32.1. The minimum absolute atomic E-state index is 0.116. The lowest BCUT2D eigenvalue weighted by atomic mass is 9.85. The van der Waals surface area contributed by atoms with Gasteiger partial charge in [0, 0.05) is 22.2 Å². The van der Waals surface area contributed by atoms with Crippen molar-refractivity contribution in [1.29, 1.82) is 0 Å². The van der Waals surface area contributed by atoms with E-state index in [4.69, 9.17) is 19.5 Å². The highest BCUT2D eigenvalue weighted by Crippen LogP contribution is 2.31. The van der Waals surface area contributed by atoms with Gasteiger partial charge in [-0.25, -0.2) is 15.0 Å². The van der Waals surface area contributed by atoms with E-state index in [0.29, 0.717) is 13.2 Å². The molecule has 27 heavy (non-hydrogen) atoms. The van der Waals surface area contributed by atoms with E-state index >= 15 is 0 Å². The molecule has 4 heterocycles. The highest BCUT2D eigenvalue weighted by molar-refractivity contribution is 7.09. The normalized spacial score (nSPS) is 17.8. The lowest BCUT2D eigenvalue weighted by Gasteiger charge is -2.25. The Morgan fingerprint density at radius 3 is 2.59 bits per heavy atom. The molecule has 0 aliphatic carbocycles. The molecule has 1 fully saturated rings. The van der Waals surface area contributed by atoms with Crippen molar-refractivity contribution >= 4 is 22.9 Å². The van der Waals surface area contributed by atoms with Crippen LogP contribution in [0.25, 0.3) is 0 Å². The summed E-state index contributed by atoms with van der Waals surface area (Å²) >= 11 is 1.62. The van der Waals surface area contributed by atoms with Gasteiger partial charge in [0.2, 0.25) is 6.29 Å². The van der Waals surface area contributed by atoms with Gasteiger partial charge in [-0.2, -0.15) is 0 Å². The first kappa shape index (κ1) is 18.7. The second-order valence-electron chi connectivity index (χ2n) is 8.20. The summed E-state index contributed by atoms with van der Waals surface area (Å²) in [5.41, 5.74) is 4.87. The minimum atomic E-state index is -0.263. The van der Waals surface area contributed by atoms with Crippen molar-refractivity contribution in [3.05, 3.63) is 39.5 Å². The molecule has 144 valence electrons. The third kappa shape index (κ3) is 4.45. The van der Waals surface area contributed by atoms with Gasteiger partial charge in [-0.1, -0.05) is 26.8 Å². The van der Waals surface area contributed by atoms with E-state index in [1.807, 2.05) is 0 Å². The smallest absolute Gasteiger partial charge is 0.211 e. The average molecular weight is 386 g/mol. The van der Waals surface area contributed by atoms with Gasteiger partial charge < -0.3 is 9.47 Å². The predicted molar refractivity (Wildman–Crippen MR) is 108 cm³/mol. The summed E-state index contributed by atoms with van der Waals surface area (Å²) in [6.07, 6.45) is 4.73. The molecule has 0 saturated carbocycles. The Balaban J connectivity index is 1.36. The molecule has 1 saturated heterocycles. The molecule has 0 spiro atoms. The van der Waals surface area contributed by atoms with Crippen LogP contribution in [0.4, 0.5) is 5.82 Å². The van der Waals surface area contributed by atoms with Gasteiger partial charge in [-0.3, -0.25) is 0 Å². The number of aliphatic imine (C=N–C) groups is 1. The Labute approximate surface area is 164 Å². The topological polar surface area (TPSA) is 56.6 Å². The molecule has 6 heteroatoms. The molecule has 0 N–H and O–H groups in total. The monoisotopic (exact) mass is 385 g/mol. The standard InChI is InChI=1S/C21H27N3O2S/c1-21(2,3)17-10-8-14-7-9-15(22-18(14)24-17)5-4-6-16-13-27-19(23-16)20-25-11-12-26-20/h7,9,13,20H,4-6,8,10-12H2,1-3H3. The second-order valence-corrected chi connectivity index (χ2v) is 9.09. The first-order chi connectivity index (χ1) is 13.0. The number of hydrogen-bond donors (Lipinski definition) is 0. The Kier molecular flexibility index (Phi) is 5.39. The maximum atomic E-state index is 5.51. The summed E-state index contributed by atoms with van der Waals surface area (Å²) < 4.78 is 11.0. The van der Waals surface area contributed by atoms with Crippen molar-refractivity contribution < 1.29 is 9.47 Å². The Morgan fingerprint density at radius 1 is 1.04 bits per heavy atom. The summed E-state index contributed by atoms with van der Waals surface area (Å²) in [4.78, 5) is 14.3. The van der Waals surface area contributed by atoms with Crippen LogP contribution >= 0.6 is 11.3 Å². The van der Waals surface area contributed by atoms with Crippen LogP contribution in [-0.2, 0) is 28.7 Å². The fourth-order valence-corrected chi connectivity index (χ4v) is 4.27. The zero-order chi connectivity index (χ0) is 18.9. The van der Waals surface area contributed by atoms with E-state index in [-0.39, 0.29) is 11.7 Å². The highest BCUT2D eigenvalue weighted by Gasteiger charge is 2.24. The fraction of sp³-hybridized carbons (Fsp3) is 0.571. The lowest BCUT2D eigenvalue weighted by Crippen LogP contribution is -2.23. The summed E-state index contributed by atoms with van der Waals surface area (Å²) in [6.45, 7) is 7.99. The van der Waals surface area contributed by atoms with Crippen molar-refractivity contribution in [2.75, 3.05) is 13.2 Å². The number of thiazole rings is 1.